The Bertz CT molecular complexity index is 288. The normalized spacial score (nSPS) is 9.50. The molecule has 0 aromatic heterocycles. The molecule has 4 heteroatoms. The number of hydrogen-bond donors (Lipinski definition) is 0. The van der Waals surface area contributed by atoms with Gasteiger partial charge in [-0.2, -0.15) is 4.91 Å². The zero-order chi connectivity index (χ0) is 8.97. The third-order valence-corrected chi connectivity index (χ3v) is 1.63. The first-order valence-corrected chi connectivity index (χ1v) is 3.76. The van der Waals surface area contributed by atoms with Crippen LogP contribution in [0.2, 0.25) is 5.02 Å². The summed E-state index contributed by atoms with van der Waals surface area (Å²) in [6.45, 7) is 0.122. The first-order valence-electron chi connectivity index (χ1n) is 3.39. The van der Waals surface area contributed by atoms with Crippen LogP contribution < -0.4 is 4.74 Å². The van der Waals surface area contributed by atoms with Crippen LogP contribution in [0.1, 0.15) is 5.56 Å². The van der Waals surface area contributed by atoms with E-state index < -0.39 is 0 Å². The van der Waals surface area contributed by atoms with Crippen LogP contribution in [0.25, 0.3) is 0 Å². The third-order valence-electron chi connectivity index (χ3n) is 1.41. The van der Waals surface area contributed by atoms with Crippen LogP contribution >= 0.6 is 11.6 Å². The van der Waals surface area contributed by atoms with Gasteiger partial charge in [0.15, 0.2) is 0 Å². The maximum Gasteiger partial charge on any atom is 0.120 e. The Morgan fingerprint density at radius 3 is 2.83 bits per heavy atom. The lowest BCUT2D eigenvalue weighted by molar-refractivity contribution is 0.414. The molecule has 3 nitrogen and oxygen atoms in total. The van der Waals surface area contributed by atoms with Crippen molar-refractivity contribution < 1.29 is 4.74 Å². The summed E-state index contributed by atoms with van der Waals surface area (Å²) in [5, 5.41) is 3.31. The van der Waals surface area contributed by atoms with Crippen molar-refractivity contribution in [2.24, 2.45) is 5.18 Å². The molecular formula is C8H8ClNO2. The molecule has 12 heavy (non-hydrogen) atoms. The Balaban J connectivity index is 2.97. The summed E-state index contributed by atoms with van der Waals surface area (Å²) in [6.07, 6.45) is 0. The molecule has 0 saturated carbocycles. The van der Waals surface area contributed by atoms with Crippen LogP contribution in [0.4, 0.5) is 0 Å². The Morgan fingerprint density at radius 2 is 2.25 bits per heavy atom. The van der Waals surface area contributed by atoms with E-state index in [1.807, 2.05) is 0 Å². The minimum Gasteiger partial charge on any atom is -0.497 e. The van der Waals surface area contributed by atoms with Crippen LogP contribution in [0, 0.1) is 4.91 Å². The first kappa shape index (κ1) is 9.00. The van der Waals surface area contributed by atoms with Crippen molar-refractivity contribution in [3.05, 3.63) is 33.7 Å². The highest BCUT2D eigenvalue weighted by Gasteiger charge is 1.98. The van der Waals surface area contributed by atoms with Crippen molar-refractivity contribution in [3.63, 3.8) is 0 Å². The highest BCUT2D eigenvalue weighted by atomic mass is 35.5. The van der Waals surface area contributed by atoms with Crippen molar-refractivity contribution in [3.8, 4) is 5.75 Å². The molecule has 0 heterocycles. The second kappa shape index (κ2) is 4.07. The third kappa shape index (κ3) is 2.20. The Labute approximate surface area is 75.3 Å². The van der Waals surface area contributed by atoms with Gasteiger partial charge < -0.3 is 4.74 Å². The molecule has 1 aromatic rings. The monoisotopic (exact) mass is 185 g/mol. The van der Waals surface area contributed by atoms with Crippen molar-refractivity contribution in [1.29, 1.82) is 0 Å². The lowest BCUT2D eigenvalue weighted by Gasteiger charge is -2.02. The largest absolute Gasteiger partial charge is 0.497 e. The zero-order valence-corrected chi connectivity index (χ0v) is 7.34. The molecule has 0 spiro atoms. The average molecular weight is 186 g/mol. The molecule has 0 aliphatic rings. The van der Waals surface area contributed by atoms with E-state index in [9.17, 15) is 4.91 Å². The lowest BCUT2D eigenvalue weighted by Crippen LogP contribution is -1.86. The molecule has 64 valence electrons. The molecule has 0 amide bonds. The second-order valence-corrected chi connectivity index (χ2v) is 2.72. The van der Waals surface area contributed by atoms with E-state index in [1.165, 1.54) is 0 Å². The standard InChI is InChI=1S/C8H8ClNO2/c1-12-8-3-6(5-10-11)2-7(9)4-8/h2-4H,5H2,1H3. The van der Waals surface area contributed by atoms with Crippen molar-refractivity contribution in [2.75, 3.05) is 7.11 Å². The first-order chi connectivity index (χ1) is 5.76. The van der Waals surface area contributed by atoms with E-state index >= 15 is 0 Å². The fourth-order valence-corrected chi connectivity index (χ4v) is 1.15. The van der Waals surface area contributed by atoms with Gasteiger partial charge in [0.25, 0.3) is 0 Å². The topological polar surface area (TPSA) is 38.7 Å². The summed E-state index contributed by atoms with van der Waals surface area (Å²) in [4.78, 5) is 9.95. The molecule has 0 aliphatic heterocycles. The fourth-order valence-electron chi connectivity index (χ4n) is 0.904. The maximum atomic E-state index is 9.95. The van der Waals surface area contributed by atoms with Crippen molar-refractivity contribution in [1.82, 2.24) is 0 Å². The highest BCUT2D eigenvalue weighted by Crippen LogP contribution is 2.20. The van der Waals surface area contributed by atoms with Gasteiger partial charge >= 0.3 is 0 Å². The molecule has 0 unspecified atom stereocenters. The quantitative estimate of drug-likeness (QED) is 0.679. The summed E-state index contributed by atoms with van der Waals surface area (Å²) in [6, 6.07) is 5.09. The maximum absolute atomic E-state index is 9.95. The molecule has 0 radical (unpaired) electrons. The van der Waals surface area contributed by atoms with Crippen LogP contribution in [0.3, 0.4) is 0 Å². The molecular weight excluding hydrogens is 178 g/mol. The van der Waals surface area contributed by atoms with Gasteiger partial charge in [-0.3, -0.25) is 0 Å². The summed E-state index contributed by atoms with van der Waals surface area (Å²) >= 11 is 5.74. The van der Waals surface area contributed by atoms with E-state index in [1.54, 1.807) is 25.3 Å². The lowest BCUT2D eigenvalue weighted by atomic mass is 10.2. The van der Waals surface area contributed by atoms with Gasteiger partial charge in [-0.05, 0) is 23.8 Å². The molecule has 0 atom stereocenters. The number of methoxy groups -OCH3 is 1. The van der Waals surface area contributed by atoms with E-state index in [4.69, 9.17) is 16.3 Å². The van der Waals surface area contributed by atoms with Crippen LogP contribution in [0.5, 0.6) is 5.75 Å². The minimum absolute atomic E-state index is 0.122. The number of benzene rings is 1. The predicted octanol–water partition coefficient (Wildman–Crippen LogP) is 2.62. The van der Waals surface area contributed by atoms with Gasteiger partial charge in [0, 0.05) is 5.02 Å². The number of rotatable bonds is 3. The number of nitrogens with zero attached hydrogens (tertiary/aromatic N) is 1. The molecule has 0 N–H and O–H groups in total. The Kier molecular flexibility index (Phi) is 3.05. The van der Waals surface area contributed by atoms with Crippen LogP contribution in [-0.4, -0.2) is 7.11 Å². The summed E-state index contributed by atoms with van der Waals surface area (Å²) < 4.78 is 4.95. The zero-order valence-electron chi connectivity index (χ0n) is 6.58. The second-order valence-electron chi connectivity index (χ2n) is 2.29. The SMILES string of the molecule is COc1cc(Cl)cc(CN=O)c1. The van der Waals surface area contributed by atoms with Crippen molar-refractivity contribution in [2.45, 2.75) is 6.54 Å². The number of halogens is 1. The fraction of sp³-hybridized carbons (Fsp3) is 0.250. The summed E-state index contributed by atoms with van der Waals surface area (Å²) in [7, 11) is 1.55. The molecule has 0 saturated heterocycles. The highest BCUT2D eigenvalue weighted by molar-refractivity contribution is 6.30. The van der Waals surface area contributed by atoms with Gasteiger partial charge in [-0.25, -0.2) is 0 Å². The number of ether oxygens (including phenoxy) is 1. The minimum atomic E-state index is 0.122. The van der Waals surface area contributed by atoms with Crippen LogP contribution in [-0.2, 0) is 6.54 Å². The smallest absolute Gasteiger partial charge is 0.120 e. The Hall–Kier alpha value is -1.09. The summed E-state index contributed by atoms with van der Waals surface area (Å²) in [5.41, 5.74) is 0.759. The van der Waals surface area contributed by atoms with Crippen molar-refractivity contribution >= 4 is 11.6 Å². The van der Waals surface area contributed by atoms with Gasteiger partial charge in [-0.15, -0.1) is 0 Å². The van der Waals surface area contributed by atoms with Gasteiger partial charge in [0.2, 0.25) is 0 Å². The van der Waals surface area contributed by atoms with Gasteiger partial charge in [-0.1, -0.05) is 16.8 Å². The molecule has 1 aromatic carbocycles. The Morgan fingerprint density at radius 1 is 1.50 bits per heavy atom. The van der Waals surface area contributed by atoms with E-state index in [0.717, 1.165) is 5.56 Å². The molecule has 0 aliphatic carbocycles. The predicted molar refractivity (Wildman–Crippen MR) is 47.5 cm³/mol. The average Bonchev–Trinajstić information content (AvgIpc) is 2.04. The van der Waals surface area contributed by atoms with Gasteiger partial charge in [0.05, 0.1) is 7.11 Å². The van der Waals surface area contributed by atoms with Gasteiger partial charge in [0.1, 0.15) is 12.3 Å². The number of nitroso groups, excluding NO2 is 1. The van der Waals surface area contributed by atoms with E-state index in [0.29, 0.717) is 10.8 Å². The summed E-state index contributed by atoms with van der Waals surface area (Å²) in [5.74, 6) is 0.640. The molecule has 0 bridgehead atoms. The molecule has 1 rings (SSSR count). The van der Waals surface area contributed by atoms with Crippen LogP contribution in [0.15, 0.2) is 23.4 Å². The van der Waals surface area contributed by atoms with E-state index in [2.05, 4.69) is 5.18 Å². The molecule has 0 fully saturated rings. The number of hydrogen-bond acceptors (Lipinski definition) is 3. The van der Waals surface area contributed by atoms with E-state index in [-0.39, 0.29) is 6.54 Å².